The maximum absolute atomic E-state index is 3.99. The van der Waals surface area contributed by atoms with Gasteiger partial charge in [-0.05, 0) is 6.92 Å². The number of rotatable bonds is 1. The van der Waals surface area contributed by atoms with Gasteiger partial charge < -0.3 is 0 Å². The third-order valence-electron chi connectivity index (χ3n) is 0.852. The molecule has 0 aliphatic heterocycles. The Kier molecular flexibility index (Phi) is 13.5. The average Bonchev–Trinajstić information content (AvgIpc) is 2.04. The van der Waals surface area contributed by atoms with Crippen molar-refractivity contribution in [2.45, 2.75) is 34.1 Å². The van der Waals surface area contributed by atoms with E-state index in [1.54, 1.807) is 13.3 Å². The van der Waals surface area contributed by atoms with Gasteiger partial charge in [-0.1, -0.05) is 20.8 Å². The molecule has 0 fully saturated rings. The second-order valence-corrected chi connectivity index (χ2v) is 1.38. The molecule has 0 aromatic heterocycles. The highest BCUT2D eigenvalue weighted by Crippen LogP contribution is 1.83. The number of hydrogen-bond acceptors (Lipinski definition) is 1. The fourth-order valence-corrected chi connectivity index (χ4v) is 0.456. The Bertz CT molecular complexity index is 101. The largest absolute Gasteiger partial charge is 0.274 e. The van der Waals surface area contributed by atoms with E-state index in [1.165, 1.54) is 0 Å². The van der Waals surface area contributed by atoms with Crippen LogP contribution >= 0.6 is 0 Å². The molecule has 0 atom stereocenters. The molecule has 0 unspecified atom stereocenters. The molecule has 10 heavy (non-hydrogen) atoms. The Hall–Kier alpha value is -0.660. The molecule has 0 N–H and O–H groups in total. The maximum Gasteiger partial charge on any atom is 0.122 e. The van der Waals surface area contributed by atoms with Gasteiger partial charge in [0.2, 0.25) is 0 Å². The van der Waals surface area contributed by atoms with Gasteiger partial charge in [-0.3, -0.25) is 4.99 Å². The molecule has 0 spiro atoms. The first-order valence-corrected chi connectivity index (χ1v) is 3.79. The maximum atomic E-state index is 3.99. The lowest BCUT2D eigenvalue weighted by Gasteiger charge is -1.88. The van der Waals surface area contributed by atoms with E-state index in [9.17, 15) is 0 Å². The minimum absolute atomic E-state index is 0.910. The van der Waals surface area contributed by atoms with Crippen molar-refractivity contribution in [3.8, 4) is 0 Å². The highest BCUT2D eigenvalue weighted by atomic mass is 14.9. The third kappa shape index (κ3) is 7.34. The van der Waals surface area contributed by atoms with Crippen molar-refractivity contribution in [3.63, 3.8) is 0 Å². The highest BCUT2D eigenvalue weighted by Gasteiger charge is 1.82. The Balaban J connectivity index is 0. The van der Waals surface area contributed by atoms with E-state index in [-0.39, 0.29) is 0 Å². The summed E-state index contributed by atoms with van der Waals surface area (Å²) in [4.78, 5) is 7.90. The molecule has 0 rings (SSSR count). The SMILES string of the molecule is CC.CC=NC(CC)=NC. The minimum Gasteiger partial charge on any atom is -0.274 e. The molecule has 0 saturated carbocycles. The minimum atomic E-state index is 0.910. The fourth-order valence-electron chi connectivity index (χ4n) is 0.456. The summed E-state index contributed by atoms with van der Waals surface area (Å²) in [5, 5.41) is 0. The van der Waals surface area contributed by atoms with Gasteiger partial charge in [0.25, 0.3) is 0 Å². The lowest BCUT2D eigenvalue weighted by molar-refractivity contribution is 1.22. The topological polar surface area (TPSA) is 24.7 Å². The van der Waals surface area contributed by atoms with E-state index in [0.717, 1.165) is 12.3 Å². The van der Waals surface area contributed by atoms with Crippen molar-refractivity contribution < 1.29 is 0 Å². The van der Waals surface area contributed by atoms with Gasteiger partial charge in [0.15, 0.2) is 0 Å². The lowest BCUT2D eigenvalue weighted by atomic mass is 10.4. The normalized spacial score (nSPS) is 11.1. The van der Waals surface area contributed by atoms with Crippen LogP contribution in [0.25, 0.3) is 0 Å². The van der Waals surface area contributed by atoms with E-state index in [2.05, 4.69) is 9.98 Å². The third-order valence-corrected chi connectivity index (χ3v) is 0.852. The zero-order valence-corrected chi connectivity index (χ0v) is 7.68. The molecule has 2 heteroatoms. The summed E-state index contributed by atoms with van der Waals surface area (Å²) in [6.45, 7) is 7.93. The fraction of sp³-hybridized carbons (Fsp3) is 0.750. The van der Waals surface area contributed by atoms with Crippen molar-refractivity contribution >= 4 is 12.1 Å². The van der Waals surface area contributed by atoms with Crippen LogP contribution in [-0.4, -0.2) is 19.1 Å². The lowest BCUT2D eigenvalue weighted by Crippen LogP contribution is -1.88. The van der Waals surface area contributed by atoms with Crippen LogP contribution in [0, 0.1) is 0 Å². The van der Waals surface area contributed by atoms with E-state index in [4.69, 9.17) is 0 Å². The zero-order valence-electron chi connectivity index (χ0n) is 7.68. The number of amidine groups is 1. The van der Waals surface area contributed by atoms with Crippen LogP contribution in [0.4, 0.5) is 0 Å². The second kappa shape index (κ2) is 11.2. The van der Waals surface area contributed by atoms with Crippen molar-refractivity contribution in [1.82, 2.24) is 0 Å². The van der Waals surface area contributed by atoms with Gasteiger partial charge in [-0.25, -0.2) is 4.99 Å². The Morgan fingerprint density at radius 3 is 2.00 bits per heavy atom. The van der Waals surface area contributed by atoms with Gasteiger partial charge in [0.1, 0.15) is 5.84 Å². The first-order chi connectivity index (χ1) is 4.85. The van der Waals surface area contributed by atoms with Crippen LogP contribution in [0.5, 0.6) is 0 Å². The van der Waals surface area contributed by atoms with E-state index >= 15 is 0 Å². The average molecular weight is 142 g/mol. The Morgan fingerprint density at radius 1 is 1.40 bits per heavy atom. The number of aliphatic imine (C=N–C) groups is 2. The summed E-state index contributed by atoms with van der Waals surface area (Å²) in [6.07, 6.45) is 2.67. The van der Waals surface area contributed by atoms with Gasteiger partial charge in [0.05, 0.1) is 0 Å². The van der Waals surface area contributed by atoms with Crippen LogP contribution in [0.15, 0.2) is 9.98 Å². The predicted molar refractivity (Wildman–Crippen MR) is 49.2 cm³/mol. The first kappa shape index (κ1) is 12.1. The van der Waals surface area contributed by atoms with Gasteiger partial charge in [-0.2, -0.15) is 0 Å². The van der Waals surface area contributed by atoms with E-state index in [0.29, 0.717) is 0 Å². The van der Waals surface area contributed by atoms with Gasteiger partial charge >= 0.3 is 0 Å². The standard InChI is InChI=1S/C6H12N2.C2H6/c1-4-6(7-3)8-5-2;1-2/h5H,4H2,1-3H3;1-2H3. The van der Waals surface area contributed by atoms with Gasteiger partial charge in [0, 0.05) is 19.7 Å². The Labute approximate surface area is 64.1 Å². The molecule has 0 amide bonds. The quantitative estimate of drug-likeness (QED) is 0.397. The summed E-state index contributed by atoms with van der Waals surface area (Å²) in [7, 11) is 1.76. The summed E-state index contributed by atoms with van der Waals surface area (Å²) in [5.41, 5.74) is 0. The molecule has 0 aromatic carbocycles. The predicted octanol–water partition coefficient (Wildman–Crippen LogP) is 2.54. The zero-order chi connectivity index (χ0) is 8.41. The highest BCUT2D eigenvalue weighted by molar-refractivity contribution is 5.88. The summed E-state index contributed by atoms with van der Waals surface area (Å²) >= 11 is 0. The molecule has 60 valence electrons. The van der Waals surface area contributed by atoms with E-state index < -0.39 is 0 Å². The van der Waals surface area contributed by atoms with E-state index in [1.807, 2.05) is 27.7 Å². The smallest absolute Gasteiger partial charge is 0.122 e. The second-order valence-electron chi connectivity index (χ2n) is 1.38. The van der Waals surface area contributed by atoms with Crippen molar-refractivity contribution in [2.24, 2.45) is 9.98 Å². The molecule has 0 radical (unpaired) electrons. The Morgan fingerprint density at radius 2 is 1.90 bits per heavy atom. The first-order valence-electron chi connectivity index (χ1n) is 3.79. The van der Waals surface area contributed by atoms with Gasteiger partial charge in [-0.15, -0.1) is 0 Å². The van der Waals surface area contributed by atoms with Crippen molar-refractivity contribution in [3.05, 3.63) is 0 Å². The molecule has 0 saturated heterocycles. The number of nitrogens with zero attached hydrogens (tertiary/aromatic N) is 2. The van der Waals surface area contributed by atoms with Crippen LogP contribution in [0.2, 0.25) is 0 Å². The molecule has 0 aliphatic rings. The summed E-state index contributed by atoms with van der Waals surface area (Å²) in [6, 6.07) is 0. The van der Waals surface area contributed by atoms with Crippen LogP contribution in [0.1, 0.15) is 34.1 Å². The molecule has 0 aliphatic carbocycles. The van der Waals surface area contributed by atoms with Crippen LogP contribution in [-0.2, 0) is 0 Å². The van der Waals surface area contributed by atoms with Crippen molar-refractivity contribution in [1.29, 1.82) is 0 Å². The molecule has 2 nitrogen and oxygen atoms in total. The molecular weight excluding hydrogens is 124 g/mol. The number of hydrogen-bond donors (Lipinski definition) is 0. The van der Waals surface area contributed by atoms with Crippen LogP contribution in [0.3, 0.4) is 0 Å². The van der Waals surface area contributed by atoms with Crippen molar-refractivity contribution in [2.75, 3.05) is 7.05 Å². The monoisotopic (exact) mass is 142 g/mol. The molecule has 0 heterocycles. The molecule has 0 bridgehead atoms. The van der Waals surface area contributed by atoms with Crippen LogP contribution < -0.4 is 0 Å². The molecular formula is C8H18N2. The summed E-state index contributed by atoms with van der Waals surface area (Å²) in [5.74, 6) is 0.910. The molecule has 0 aromatic rings. The summed E-state index contributed by atoms with van der Waals surface area (Å²) < 4.78 is 0.